The molecule has 90 valence electrons. The zero-order chi connectivity index (χ0) is 11.4. The molecule has 0 bridgehead atoms. The Labute approximate surface area is 94.8 Å². The van der Waals surface area contributed by atoms with E-state index in [-0.39, 0.29) is 12.2 Å². The van der Waals surface area contributed by atoms with Crippen LogP contribution < -0.4 is 0 Å². The molecule has 0 saturated heterocycles. The number of methoxy groups -OCH3 is 1. The average molecular weight is 226 g/mol. The fraction of sp³-hybridized carbons (Fsp3) is 0.818. The fourth-order valence-corrected chi connectivity index (χ4v) is 1.95. The first kappa shape index (κ1) is 11.5. The number of ether oxygens (including phenoxy) is 1. The van der Waals surface area contributed by atoms with Crippen LogP contribution in [0.25, 0.3) is 0 Å². The van der Waals surface area contributed by atoms with E-state index in [1.165, 1.54) is 0 Å². The van der Waals surface area contributed by atoms with E-state index in [2.05, 4.69) is 10.1 Å². The molecule has 0 aromatic carbocycles. The quantitative estimate of drug-likeness (QED) is 0.743. The van der Waals surface area contributed by atoms with Gasteiger partial charge in [-0.15, -0.1) is 0 Å². The monoisotopic (exact) mass is 226 g/mol. The minimum absolute atomic E-state index is 0.211. The molecule has 1 saturated carbocycles. The Morgan fingerprint density at radius 1 is 1.44 bits per heavy atom. The van der Waals surface area contributed by atoms with Gasteiger partial charge in [-0.3, -0.25) is 0 Å². The lowest BCUT2D eigenvalue weighted by Crippen LogP contribution is -2.37. The number of nitrogens with zero attached hydrogens (tertiary/aromatic N) is 2. The molecule has 1 aliphatic rings. The summed E-state index contributed by atoms with van der Waals surface area (Å²) >= 11 is 0. The number of unbranched alkanes of at least 4 members (excludes halogenated alkanes) is 1. The first-order valence-electron chi connectivity index (χ1n) is 5.80. The summed E-state index contributed by atoms with van der Waals surface area (Å²) in [7, 11) is 1.70. The van der Waals surface area contributed by atoms with Gasteiger partial charge in [0.15, 0.2) is 0 Å². The van der Waals surface area contributed by atoms with E-state index in [0.717, 1.165) is 38.5 Å². The topological polar surface area (TPSA) is 68.4 Å². The number of hydrogen-bond acceptors (Lipinski definition) is 5. The lowest BCUT2D eigenvalue weighted by atomic mass is 9.79. The zero-order valence-electron chi connectivity index (χ0n) is 9.61. The molecule has 0 unspecified atom stereocenters. The van der Waals surface area contributed by atoms with Crippen molar-refractivity contribution in [3.8, 4) is 0 Å². The van der Waals surface area contributed by atoms with Crippen LogP contribution in [0.3, 0.4) is 0 Å². The van der Waals surface area contributed by atoms with Crippen molar-refractivity contribution in [2.75, 3.05) is 13.7 Å². The van der Waals surface area contributed by atoms with Gasteiger partial charge in [-0.1, -0.05) is 5.16 Å². The van der Waals surface area contributed by atoms with Gasteiger partial charge in [0, 0.05) is 20.1 Å². The van der Waals surface area contributed by atoms with Crippen molar-refractivity contribution in [3.63, 3.8) is 0 Å². The van der Waals surface area contributed by atoms with Gasteiger partial charge in [-0.25, -0.2) is 0 Å². The van der Waals surface area contributed by atoms with Gasteiger partial charge in [0.05, 0.1) is 0 Å². The van der Waals surface area contributed by atoms with Crippen molar-refractivity contribution in [2.24, 2.45) is 0 Å². The van der Waals surface area contributed by atoms with Crippen LogP contribution in [0.4, 0.5) is 0 Å². The zero-order valence-corrected chi connectivity index (χ0v) is 9.61. The predicted octanol–water partition coefficient (Wildman–Crippen LogP) is 1.41. The summed E-state index contributed by atoms with van der Waals surface area (Å²) in [6.45, 7) is 0.211. The minimum atomic E-state index is -0.293. The molecule has 0 spiro atoms. The highest BCUT2D eigenvalue weighted by Gasteiger charge is 2.43. The van der Waals surface area contributed by atoms with E-state index in [1.54, 1.807) is 7.11 Å². The fourth-order valence-electron chi connectivity index (χ4n) is 1.95. The maximum Gasteiger partial charge on any atom is 0.226 e. The number of hydrogen-bond donors (Lipinski definition) is 1. The van der Waals surface area contributed by atoms with Crippen LogP contribution in [0, 0.1) is 0 Å². The molecule has 0 radical (unpaired) electrons. The highest BCUT2D eigenvalue weighted by Crippen LogP contribution is 2.42. The minimum Gasteiger partial charge on any atom is -0.396 e. The number of aryl methyl sites for hydroxylation is 1. The Morgan fingerprint density at radius 2 is 2.25 bits per heavy atom. The second kappa shape index (κ2) is 4.93. The van der Waals surface area contributed by atoms with Gasteiger partial charge < -0.3 is 14.4 Å². The number of aliphatic hydroxyl groups is 1. The van der Waals surface area contributed by atoms with Gasteiger partial charge in [0.25, 0.3) is 0 Å². The largest absolute Gasteiger partial charge is 0.396 e. The number of aromatic nitrogens is 2. The molecule has 0 atom stereocenters. The molecule has 0 aliphatic heterocycles. The predicted molar refractivity (Wildman–Crippen MR) is 56.9 cm³/mol. The first-order chi connectivity index (χ1) is 7.80. The van der Waals surface area contributed by atoms with Gasteiger partial charge in [-0.2, -0.15) is 4.98 Å². The summed E-state index contributed by atoms with van der Waals surface area (Å²) in [6, 6.07) is 0. The summed E-state index contributed by atoms with van der Waals surface area (Å²) in [6.07, 6.45) is 5.47. The normalized spacial score (nSPS) is 18.4. The Balaban J connectivity index is 1.96. The van der Waals surface area contributed by atoms with Crippen LogP contribution in [-0.4, -0.2) is 29.0 Å². The summed E-state index contributed by atoms with van der Waals surface area (Å²) in [5.41, 5.74) is -0.293. The van der Waals surface area contributed by atoms with Gasteiger partial charge >= 0.3 is 0 Å². The summed E-state index contributed by atoms with van der Waals surface area (Å²) in [4.78, 5) is 4.36. The van der Waals surface area contributed by atoms with E-state index in [9.17, 15) is 0 Å². The van der Waals surface area contributed by atoms with Crippen molar-refractivity contribution in [1.29, 1.82) is 0 Å². The molecule has 1 N–H and O–H groups in total. The summed E-state index contributed by atoms with van der Waals surface area (Å²) in [5, 5.41) is 12.7. The smallest absolute Gasteiger partial charge is 0.226 e. The molecule has 1 fully saturated rings. The second-order valence-electron chi connectivity index (χ2n) is 4.24. The van der Waals surface area contributed by atoms with Crippen molar-refractivity contribution >= 4 is 0 Å². The van der Waals surface area contributed by atoms with Crippen LogP contribution in [-0.2, 0) is 16.8 Å². The highest BCUT2D eigenvalue weighted by atomic mass is 16.5. The standard InChI is InChI=1S/C11H18N2O3/c1-15-11(6-4-7-11)10-12-9(16-13-10)5-2-3-8-14/h14H,2-8H2,1H3. The molecule has 1 aliphatic carbocycles. The van der Waals surface area contributed by atoms with E-state index >= 15 is 0 Å². The maximum atomic E-state index is 8.68. The average Bonchev–Trinajstić information content (AvgIpc) is 2.67. The van der Waals surface area contributed by atoms with E-state index in [1.807, 2.05) is 0 Å². The van der Waals surface area contributed by atoms with Crippen LogP contribution in [0.15, 0.2) is 4.52 Å². The molecule has 0 amide bonds. The van der Waals surface area contributed by atoms with Crippen LogP contribution in [0.2, 0.25) is 0 Å². The lowest BCUT2D eigenvalue weighted by Gasteiger charge is -2.37. The molecule has 5 nitrogen and oxygen atoms in total. The maximum absolute atomic E-state index is 8.68. The van der Waals surface area contributed by atoms with Gasteiger partial charge in [-0.05, 0) is 32.1 Å². The number of aliphatic hydroxyl groups excluding tert-OH is 1. The number of rotatable bonds is 6. The van der Waals surface area contributed by atoms with Gasteiger partial charge in [0.2, 0.25) is 11.7 Å². The molecule has 1 aromatic heterocycles. The second-order valence-corrected chi connectivity index (χ2v) is 4.24. The first-order valence-corrected chi connectivity index (χ1v) is 5.80. The van der Waals surface area contributed by atoms with E-state index in [4.69, 9.17) is 14.4 Å². The van der Waals surface area contributed by atoms with E-state index < -0.39 is 0 Å². The molecule has 5 heteroatoms. The van der Waals surface area contributed by atoms with Crippen molar-refractivity contribution < 1.29 is 14.4 Å². The van der Waals surface area contributed by atoms with Crippen molar-refractivity contribution in [2.45, 2.75) is 44.1 Å². The van der Waals surface area contributed by atoms with Crippen molar-refractivity contribution in [3.05, 3.63) is 11.7 Å². The van der Waals surface area contributed by atoms with Gasteiger partial charge in [0.1, 0.15) is 5.60 Å². The molecule has 1 heterocycles. The lowest BCUT2D eigenvalue weighted by molar-refractivity contribution is -0.0858. The Morgan fingerprint density at radius 3 is 2.81 bits per heavy atom. The molecule has 16 heavy (non-hydrogen) atoms. The van der Waals surface area contributed by atoms with Crippen LogP contribution in [0.1, 0.15) is 43.8 Å². The Bertz CT molecular complexity index is 328. The summed E-state index contributed by atoms with van der Waals surface area (Å²) < 4.78 is 10.6. The van der Waals surface area contributed by atoms with Crippen LogP contribution >= 0.6 is 0 Å². The molecule has 2 rings (SSSR count). The third-order valence-corrected chi connectivity index (χ3v) is 3.23. The third kappa shape index (κ3) is 2.10. The Kier molecular flexibility index (Phi) is 3.56. The van der Waals surface area contributed by atoms with Crippen LogP contribution in [0.5, 0.6) is 0 Å². The van der Waals surface area contributed by atoms with Crippen molar-refractivity contribution in [1.82, 2.24) is 10.1 Å². The SMILES string of the molecule is COC1(c2noc(CCCCO)n2)CCC1. The molecule has 1 aromatic rings. The highest BCUT2D eigenvalue weighted by molar-refractivity contribution is 5.06. The van der Waals surface area contributed by atoms with E-state index in [0.29, 0.717) is 11.7 Å². The Hall–Kier alpha value is -0.940. The molecular formula is C11H18N2O3. The molecular weight excluding hydrogens is 208 g/mol. The third-order valence-electron chi connectivity index (χ3n) is 3.23. The summed E-state index contributed by atoms with van der Waals surface area (Å²) in [5.74, 6) is 1.33.